The molecule has 138 valence electrons. The van der Waals surface area contributed by atoms with E-state index < -0.39 is 35.1 Å². The van der Waals surface area contributed by atoms with E-state index in [1.165, 1.54) is 6.07 Å². The van der Waals surface area contributed by atoms with Crippen LogP contribution in [0.4, 0.5) is 32.0 Å². The summed E-state index contributed by atoms with van der Waals surface area (Å²) < 4.78 is 76.7. The first kappa shape index (κ1) is 19.8. The number of carbonyl (C=O) groups is 1. The fourth-order valence-corrected chi connectivity index (χ4v) is 2.21. The first-order valence-corrected chi connectivity index (χ1v) is 7.38. The number of rotatable bonds is 3. The van der Waals surface area contributed by atoms with Gasteiger partial charge in [0.25, 0.3) is 0 Å². The molecule has 0 fully saturated rings. The fourth-order valence-electron chi connectivity index (χ4n) is 2.03. The molecule has 2 aromatic carbocycles. The summed E-state index contributed by atoms with van der Waals surface area (Å²) in [6, 6.07) is 6.85. The highest BCUT2D eigenvalue weighted by atomic mass is 35.5. The van der Waals surface area contributed by atoms with Crippen molar-refractivity contribution in [2.75, 3.05) is 5.32 Å². The fraction of sp³-hybridized carbons (Fsp3) is 0.118. The predicted molar refractivity (Wildman–Crippen MR) is 85.6 cm³/mol. The van der Waals surface area contributed by atoms with Gasteiger partial charge in [0.1, 0.15) is 0 Å². The van der Waals surface area contributed by atoms with E-state index >= 15 is 0 Å². The quantitative estimate of drug-likeness (QED) is 0.500. The van der Waals surface area contributed by atoms with Gasteiger partial charge in [0, 0.05) is 11.1 Å². The van der Waals surface area contributed by atoms with Gasteiger partial charge in [-0.2, -0.15) is 26.3 Å². The highest BCUT2D eigenvalue weighted by Crippen LogP contribution is 2.35. The van der Waals surface area contributed by atoms with Crippen LogP contribution in [0.2, 0.25) is 5.02 Å². The van der Waals surface area contributed by atoms with Crippen LogP contribution in [-0.4, -0.2) is 5.91 Å². The summed E-state index contributed by atoms with van der Waals surface area (Å²) in [5.41, 5.74) is -2.58. The Morgan fingerprint density at radius 1 is 0.962 bits per heavy atom. The highest BCUT2D eigenvalue weighted by Gasteiger charge is 2.33. The third-order valence-corrected chi connectivity index (χ3v) is 3.57. The van der Waals surface area contributed by atoms with E-state index in [1.807, 2.05) is 5.32 Å². The van der Waals surface area contributed by atoms with Crippen molar-refractivity contribution in [3.8, 4) is 0 Å². The minimum Gasteiger partial charge on any atom is -0.322 e. The van der Waals surface area contributed by atoms with E-state index in [1.54, 1.807) is 0 Å². The van der Waals surface area contributed by atoms with Crippen LogP contribution in [0.25, 0.3) is 6.08 Å². The topological polar surface area (TPSA) is 29.1 Å². The van der Waals surface area contributed by atoms with Gasteiger partial charge in [-0.3, -0.25) is 4.79 Å². The summed E-state index contributed by atoms with van der Waals surface area (Å²) in [5, 5.41) is 2.00. The van der Waals surface area contributed by atoms with Crippen LogP contribution in [0, 0.1) is 0 Å². The van der Waals surface area contributed by atoms with Crippen LogP contribution < -0.4 is 5.32 Å². The van der Waals surface area contributed by atoms with E-state index in [4.69, 9.17) is 11.6 Å². The van der Waals surface area contributed by atoms with E-state index in [-0.39, 0.29) is 10.6 Å². The zero-order valence-corrected chi connectivity index (χ0v) is 13.5. The molecule has 1 amide bonds. The van der Waals surface area contributed by atoms with Crippen molar-refractivity contribution in [3.63, 3.8) is 0 Å². The molecule has 1 N–H and O–H groups in total. The van der Waals surface area contributed by atoms with E-state index in [0.717, 1.165) is 48.6 Å². The summed E-state index contributed by atoms with van der Waals surface area (Å²) in [6.45, 7) is 0. The van der Waals surface area contributed by atoms with Crippen LogP contribution in [0.3, 0.4) is 0 Å². The van der Waals surface area contributed by atoms with E-state index in [2.05, 4.69) is 0 Å². The first-order valence-electron chi connectivity index (χ1n) is 7.00. The third kappa shape index (κ3) is 5.01. The molecule has 2 aromatic rings. The molecule has 0 aliphatic heterocycles. The molecule has 26 heavy (non-hydrogen) atoms. The van der Waals surface area contributed by atoms with Crippen molar-refractivity contribution in [2.24, 2.45) is 0 Å². The van der Waals surface area contributed by atoms with Crippen LogP contribution in [0.15, 0.2) is 48.5 Å². The highest BCUT2D eigenvalue weighted by molar-refractivity contribution is 6.32. The van der Waals surface area contributed by atoms with Gasteiger partial charge in [-0.1, -0.05) is 23.7 Å². The van der Waals surface area contributed by atoms with Gasteiger partial charge in [-0.25, -0.2) is 0 Å². The number of para-hydroxylation sites is 1. The zero-order chi connectivity index (χ0) is 19.5. The van der Waals surface area contributed by atoms with Gasteiger partial charge in [0.05, 0.1) is 16.8 Å². The van der Waals surface area contributed by atoms with Crippen molar-refractivity contribution < 1.29 is 31.1 Å². The minimum atomic E-state index is -4.67. The van der Waals surface area contributed by atoms with Gasteiger partial charge in [0.2, 0.25) is 5.91 Å². The molecular formula is C17H10ClF6NO. The number of nitrogens with one attached hydrogen (secondary N) is 1. The lowest BCUT2D eigenvalue weighted by molar-refractivity contribution is -0.138. The van der Waals surface area contributed by atoms with E-state index in [9.17, 15) is 31.1 Å². The molecule has 0 radical (unpaired) electrons. The Morgan fingerprint density at radius 3 is 2.23 bits per heavy atom. The van der Waals surface area contributed by atoms with Crippen LogP contribution in [0.5, 0.6) is 0 Å². The van der Waals surface area contributed by atoms with Crippen LogP contribution >= 0.6 is 11.6 Å². The van der Waals surface area contributed by atoms with Crippen molar-refractivity contribution >= 4 is 29.3 Å². The summed E-state index contributed by atoms with van der Waals surface area (Å²) in [5.74, 6) is -0.949. The van der Waals surface area contributed by atoms with Crippen molar-refractivity contribution in [2.45, 2.75) is 12.4 Å². The van der Waals surface area contributed by atoms with Crippen molar-refractivity contribution in [1.82, 2.24) is 0 Å². The van der Waals surface area contributed by atoms with Gasteiger partial charge in [0.15, 0.2) is 0 Å². The maximum Gasteiger partial charge on any atom is 0.418 e. The summed E-state index contributed by atoms with van der Waals surface area (Å²) in [6.07, 6.45) is -7.48. The Bertz CT molecular complexity index is 842. The molecule has 0 atom stereocenters. The number of carbonyl (C=O) groups excluding carboxylic acids is 1. The second-order valence-corrected chi connectivity index (χ2v) is 5.51. The largest absolute Gasteiger partial charge is 0.418 e. The second kappa shape index (κ2) is 7.41. The van der Waals surface area contributed by atoms with Crippen LogP contribution in [0.1, 0.15) is 16.7 Å². The molecule has 0 bridgehead atoms. The third-order valence-electron chi connectivity index (χ3n) is 3.23. The number of alkyl halides is 6. The Hall–Kier alpha value is -2.48. The molecular weight excluding hydrogens is 384 g/mol. The van der Waals surface area contributed by atoms with Gasteiger partial charge in [-0.15, -0.1) is 0 Å². The number of halogens is 7. The van der Waals surface area contributed by atoms with Gasteiger partial charge >= 0.3 is 12.4 Å². The number of anilines is 1. The molecule has 0 heterocycles. The molecule has 2 rings (SSSR count). The minimum absolute atomic E-state index is 0.0438. The summed E-state index contributed by atoms with van der Waals surface area (Å²) in [4.78, 5) is 11.8. The molecule has 0 aliphatic rings. The average molecular weight is 394 g/mol. The normalized spacial score (nSPS) is 12.4. The molecule has 0 saturated carbocycles. The molecule has 0 unspecified atom stereocenters. The standard InChI is InChI=1S/C17H10ClF6NO/c18-13-7-6-11(16(19,20)21)9-10(13)5-8-15(26)25-14-4-2-1-3-12(14)17(22,23)24/h1-9H,(H,25,26)/b8-5+. The Kier molecular flexibility index (Phi) is 5.65. The number of benzene rings is 2. The molecule has 0 spiro atoms. The number of amides is 1. The summed E-state index contributed by atoms with van der Waals surface area (Å²) in [7, 11) is 0. The number of hydrogen-bond donors (Lipinski definition) is 1. The second-order valence-electron chi connectivity index (χ2n) is 5.10. The van der Waals surface area contributed by atoms with Gasteiger partial charge in [-0.05, 0) is 42.0 Å². The Labute approximate surface area is 149 Å². The Morgan fingerprint density at radius 2 is 1.62 bits per heavy atom. The van der Waals surface area contributed by atoms with E-state index in [0.29, 0.717) is 0 Å². The molecule has 0 aromatic heterocycles. The maximum absolute atomic E-state index is 12.9. The lowest BCUT2D eigenvalue weighted by atomic mass is 10.1. The van der Waals surface area contributed by atoms with Crippen LogP contribution in [-0.2, 0) is 17.1 Å². The average Bonchev–Trinajstić information content (AvgIpc) is 2.52. The lowest BCUT2D eigenvalue weighted by Gasteiger charge is -2.12. The maximum atomic E-state index is 12.9. The Balaban J connectivity index is 2.22. The molecule has 0 saturated heterocycles. The summed E-state index contributed by atoms with van der Waals surface area (Å²) >= 11 is 5.78. The predicted octanol–water partition coefficient (Wildman–Crippen LogP) is 6.03. The molecule has 2 nitrogen and oxygen atoms in total. The molecule has 9 heteroatoms. The van der Waals surface area contributed by atoms with Crippen molar-refractivity contribution in [3.05, 3.63) is 70.3 Å². The first-order chi connectivity index (χ1) is 12.0. The lowest BCUT2D eigenvalue weighted by Crippen LogP contribution is -2.14. The van der Waals surface area contributed by atoms with Crippen molar-refractivity contribution in [1.29, 1.82) is 0 Å². The number of hydrogen-bond acceptors (Lipinski definition) is 1. The smallest absolute Gasteiger partial charge is 0.322 e. The van der Waals surface area contributed by atoms with Gasteiger partial charge < -0.3 is 5.32 Å². The monoisotopic (exact) mass is 393 g/mol. The molecule has 0 aliphatic carbocycles. The zero-order valence-electron chi connectivity index (χ0n) is 12.8. The SMILES string of the molecule is O=C(/C=C/c1cc(C(F)(F)F)ccc1Cl)Nc1ccccc1C(F)(F)F.